The fraction of sp³-hybridized carbons (Fsp3) is 0.538. The van der Waals surface area contributed by atoms with E-state index in [1.807, 2.05) is 6.07 Å². The second-order valence-corrected chi connectivity index (χ2v) is 6.07. The standard InChI is InChI=1S/C13H16BrFN2/c14-12-1-9(2-13(15)3-12)6-17-7-10-4-16-5-11(10)8-17/h1-3,10-11,16H,4-8H2. The Kier molecular flexibility index (Phi) is 3.19. The zero-order chi connectivity index (χ0) is 11.8. The van der Waals surface area contributed by atoms with Crippen molar-refractivity contribution < 1.29 is 4.39 Å². The van der Waals surface area contributed by atoms with Crippen molar-refractivity contribution in [2.75, 3.05) is 26.2 Å². The van der Waals surface area contributed by atoms with Gasteiger partial charge in [-0.3, -0.25) is 4.90 Å². The molecule has 2 aliphatic heterocycles. The zero-order valence-corrected chi connectivity index (χ0v) is 11.2. The Balaban J connectivity index is 1.67. The van der Waals surface area contributed by atoms with E-state index in [1.165, 1.54) is 6.07 Å². The molecule has 92 valence electrons. The van der Waals surface area contributed by atoms with Gasteiger partial charge in [0.1, 0.15) is 5.82 Å². The molecular weight excluding hydrogens is 283 g/mol. The third kappa shape index (κ3) is 2.54. The van der Waals surface area contributed by atoms with Crippen molar-refractivity contribution >= 4 is 15.9 Å². The number of benzene rings is 1. The number of nitrogens with one attached hydrogen (secondary N) is 1. The number of fused-ring (bicyclic) bond motifs is 1. The van der Waals surface area contributed by atoms with E-state index in [1.54, 1.807) is 6.07 Å². The van der Waals surface area contributed by atoms with Crippen LogP contribution in [0.3, 0.4) is 0 Å². The Hall–Kier alpha value is -0.450. The quantitative estimate of drug-likeness (QED) is 0.901. The second-order valence-electron chi connectivity index (χ2n) is 5.15. The van der Waals surface area contributed by atoms with Crippen molar-refractivity contribution in [2.24, 2.45) is 11.8 Å². The second kappa shape index (κ2) is 4.67. The van der Waals surface area contributed by atoms with Gasteiger partial charge in [-0.25, -0.2) is 4.39 Å². The molecule has 0 amide bonds. The average molecular weight is 299 g/mol. The summed E-state index contributed by atoms with van der Waals surface area (Å²) in [5.41, 5.74) is 1.06. The van der Waals surface area contributed by atoms with Gasteiger partial charge >= 0.3 is 0 Å². The maximum Gasteiger partial charge on any atom is 0.124 e. The van der Waals surface area contributed by atoms with Crippen LogP contribution in [0.2, 0.25) is 0 Å². The first-order chi connectivity index (χ1) is 8.20. The summed E-state index contributed by atoms with van der Waals surface area (Å²) < 4.78 is 14.1. The highest BCUT2D eigenvalue weighted by Crippen LogP contribution is 2.28. The summed E-state index contributed by atoms with van der Waals surface area (Å²) >= 11 is 3.34. The number of hydrogen-bond acceptors (Lipinski definition) is 2. The van der Waals surface area contributed by atoms with E-state index in [0.717, 1.165) is 54.6 Å². The molecule has 4 heteroatoms. The van der Waals surface area contributed by atoms with Gasteiger partial charge in [0.2, 0.25) is 0 Å². The summed E-state index contributed by atoms with van der Waals surface area (Å²) in [4.78, 5) is 2.44. The predicted molar refractivity (Wildman–Crippen MR) is 69.2 cm³/mol. The number of hydrogen-bond donors (Lipinski definition) is 1. The monoisotopic (exact) mass is 298 g/mol. The van der Waals surface area contributed by atoms with E-state index in [2.05, 4.69) is 26.1 Å². The van der Waals surface area contributed by atoms with Crippen molar-refractivity contribution in [1.82, 2.24) is 10.2 Å². The van der Waals surface area contributed by atoms with Gasteiger partial charge in [0.25, 0.3) is 0 Å². The number of nitrogens with zero attached hydrogens (tertiary/aromatic N) is 1. The summed E-state index contributed by atoms with van der Waals surface area (Å²) in [6, 6.07) is 5.15. The Labute approximate surface area is 109 Å². The molecule has 2 unspecified atom stereocenters. The molecular formula is C13H16BrFN2. The molecule has 3 rings (SSSR count). The topological polar surface area (TPSA) is 15.3 Å². The van der Waals surface area contributed by atoms with Gasteiger partial charge < -0.3 is 5.32 Å². The van der Waals surface area contributed by atoms with Crippen molar-refractivity contribution in [1.29, 1.82) is 0 Å². The highest BCUT2D eigenvalue weighted by Gasteiger charge is 2.35. The lowest BCUT2D eigenvalue weighted by atomic mass is 10.0. The third-order valence-corrected chi connectivity index (χ3v) is 4.25. The van der Waals surface area contributed by atoms with Crippen molar-refractivity contribution in [3.63, 3.8) is 0 Å². The van der Waals surface area contributed by atoms with Gasteiger partial charge in [-0.2, -0.15) is 0 Å². The lowest BCUT2D eigenvalue weighted by molar-refractivity contribution is 0.305. The molecule has 0 aliphatic carbocycles. The Morgan fingerprint density at radius 2 is 1.94 bits per heavy atom. The van der Waals surface area contributed by atoms with Crippen LogP contribution in [0.5, 0.6) is 0 Å². The van der Waals surface area contributed by atoms with Gasteiger partial charge in [0.05, 0.1) is 0 Å². The number of rotatable bonds is 2. The first-order valence-corrected chi connectivity index (χ1v) is 6.88. The van der Waals surface area contributed by atoms with E-state index in [9.17, 15) is 4.39 Å². The van der Waals surface area contributed by atoms with Crippen LogP contribution in [0, 0.1) is 17.7 Å². The lowest BCUT2D eigenvalue weighted by Gasteiger charge is -2.17. The van der Waals surface area contributed by atoms with Crippen LogP contribution in [0.25, 0.3) is 0 Å². The molecule has 2 nitrogen and oxygen atoms in total. The highest BCUT2D eigenvalue weighted by molar-refractivity contribution is 9.10. The molecule has 2 saturated heterocycles. The van der Waals surface area contributed by atoms with E-state index in [0.29, 0.717) is 0 Å². The molecule has 2 heterocycles. The molecule has 2 atom stereocenters. The smallest absolute Gasteiger partial charge is 0.124 e. The number of halogens is 2. The van der Waals surface area contributed by atoms with Crippen LogP contribution in [-0.4, -0.2) is 31.1 Å². The van der Waals surface area contributed by atoms with Crippen LogP contribution in [-0.2, 0) is 6.54 Å². The van der Waals surface area contributed by atoms with Gasteiger partial charge in [0, 0.05) is 24.1 Å². The fourth-order valence-corrected chi connectivity index (χ4v) is 3.55. The van der Waals surface area contributed by atoms with Crippen molar-refractivity contribution in [3.05, 3.63) is 34.1 Å². The first-order valence-electron chi connectivity index (χ1n) is 6.09. The summed E-state index contributed by atoms with van der Waals surface area (Å²) in [7, 11) is 0. The highest BCUT2D eigenvalue weighted by atomic mass is 79.9. The normalized spacial score (nSPS) is 28.6. The summed E-state index contributed by atoms with van der Waals surface area (Å²) in [6.07, 6.45) is 0. The average Bonchev–Trinajstić information content (AvgIpc) is 2.75. The molecule has 17 heavy (non-hydrogen) atoms. The molecule has 0 saturated carbocycles. The lowest BCUT2D eigenvalue weighted by Crippen LogP contribution is -2.25. The molecule has 0 bridgehead atoms. The number of likely N-dealkylation sites (tertiary alicyclic amines) is 1. The van der Waals surface area contributed by atoms with Crippen molar-refractivity contribution in [3.8, 4) is 0 Å². The largest absolute Gasteiger partial charge is 0.316 e. The van der Waals surface area contributed by atoms with Gasteiger partial charge in [-0.15, -0.1) is 0 Å². The van der Waals surface area contributed by atoms with Crippen LogP contribution in [0.15, 0.2) is 22.7 Å². The van der Waals surface area contributed by atoms with E-state index in [-0.39, 0.29) is 5.82 Å². The van der Waals surface area contributed by atoms with Crippen LogP contribution >= 0.6 is 15.9 Å². The van der Waals surface area contributed by atoms with Crippen molar-refractivity contribution in [2.45, 2.75) is 6.54 Å². The van der Waals surface area contributed by atoms with E-state index in [4.69, 9.17) is 0 Å². The van der Waals surface area contributed by atoms with Crippen LogP contribution in [0.4, 0.5) is 4.39 Å². The van der Waals surface area contributed by atoms with Gasteiger partial charge in [0.15, 0.2) is 0 Å². The first kappa shape index (κ1) is 11.6. The fourth-order valence-electron chi connectivity index (χ4n) is 3.04. The van der Waals surface area contributed by atoms with Crippen LogP contribution < -0.4 is 5.32 Å². The molecule has 1 aromatic rings. The maximum absolute atomic E-state index is 13.3. The SMILES string of the molecule is Fc1cc(Br)cc(CN2CC3CNCC3C2)c1. The van der Waals surface area contributed by atoms with E-state index < -0.39 is 0 Å². The summed E-state index contributed by atoms with van der Waals surface area (Å²) in [6.45, 7) is 5.45. The Morgan fingerprint density at radius 3 is 2.59 bits per heavy atom. The molecule has 1 aromatic carbocycles. The minimum Gasteiger partial charge on any atom is -0.316 e. The summed E-state index contributed by atoms with van der Waals surface area (Å²) in [5, 5.41) is 3.43. The molecule has 1 N–H and O–H groups in total. The molecule has 2 fully saturated rings. The molecule has 2 aliphatic rings. The summed E-state index contributed by atoms with van der Waals surface area (Å²) in [5.74, 6) is 1.44. The Bertz CT molecular complexity index is 392. The Morgan fingerprint density at radius 1 is 1.24 bits per heavy atom. The molecule has 0 radical (unpaired) electrons. The molecule has 0 spiro atoms. The zero-order valence-electron chi connectivity index (χ0n) is 9.63. The minimum absolute atomic E-state index is 0.157. The minimum atomic E-state index is -0.157. The third-order valence-electron chi connectivity index (χ3n) is 3.79. The molecule has 0 aromatic heterocycles. The van der Waals surface area contributed by atoms with Gasteiger partial charge in [-0.05, 0) is 48.7 Å². The van der Waals surface area contributed by atoms with Crippen LogP contribution in [0.1, 0.15) is 5.56 Å². The van der Waals surface area contributed by atoms with E-state index >= 15 is 0 Å². The van der Waals surface area contributed by atoms with Gasteiger partial charge in [-0.1, -0.05) is 15.9 Å². The predicted octanol–water partition coefficient (Wildman–Crippen LogP) is 2.24. The maximum atomic E-state index is 13.3.